The van der Waals surface area contributed by atoms with Crippen molar-refractivity contribution in [3.8, 4) is 5.69 Å². The Bertz CT molecular complexity index is 1040. The molecule has 2 heterocycles. The van der Waals surface area contributed by atoms with Crippen LogP contribution in [0.4, 0.5) is 0 Å². The Balaban J connectivity index is 1.27. The van der Waals surface area contributed by atoms with Crippen molar-refractivity contribution in [2.45, 2.75) is 19.3 Å². The minimum absolute atomic E-state index is 0.146. The van der Waals surface area contributed by atoms with Crippen molar-refractivity contribution < 1.29 is 9.59 Å². The number of aromatic nitrogens is 3. The molecule has 1 fully saturated rings. The topological polar surface area (TPSA) is 71.3 Å². The average molecular weight is 438 g/mol. The highest BCUT2D eigenvalue weighted by molar-refractivity contribution is 6.32. The number of rotatable bonds is 6. The summed E-state index contributed by atoms with van der Waals surface area (Å²) in [6, 6.07) is 17.4. The zero-order chi connectivity index (χ0) is 21.6. The van der Waals surface area contributed by atoms with Crippen LogP contribution >= 0.6 is 11.6 Å². The molecule has 1 saturated heterocycles. The van der Waals surface area contributed by atoms with Crippen LogP contribution < -0.4 is 0 Å². The highest BCUT2D eigenvalue weighted by Crippen LogP contribution is 2.19. The summed E-state index contributed by atoms with van der Waals surface area (Å²) < 4.78 is 1.50. The highest BCUT2D eigenvalue weighted by atomic mass is 35.5. The lowest BCUT2D eigenvalue weighted by Crippen LogP contribution is -2.50. The number of piperazine rings is 1. The molecule has 7 nitrogen and oxygen atoms in total. The predicted octanol–water partition coefficient (Wildman–Crippen LogP) is 3.23. The largest absolute Gasteiger partial charge is 0.339 e. The van der Waals surface area contributed by atoms with E-state index < -0.39 is 0 Å². The van der Waals surface area contributed by atoms with Gasteiger partial charge in [0, 0.05) is 32.6 Å². The lowest BCUT2D eigenvalue weighted by molar-refractivity contribution is -0.132. The Hall–Kier alpha value is -3.19. The molecule has 31 heavy (non-hydrogen) atoms. The molecule has 0 atom stereocenters. The molecular formula is C23H24ClN5O2. The Morgan fingerprint density at radius 1 is 0.903 bits per heavy atom. The van der Waals surface area contributed by atoms with Gasteiger partial charge in [0.05, 0.1) is 16.9 Å². The summed E-state index contributed by atoms with van der Waals surface area (Å²) in [4.78, 5) is 28.9. The van der Waals surface area contributed by atoms with E-state index in [1.807, 2.05) is 41.3 Å². The van der Waals surface area contributed by atoms with E-state index in [-0.39, 0.29) is 17.5 Å². The van der Waals surface area contributed by atoms with Gasteiger partial charge >= 0.3 is 0 Å². The third kappa shape index (κ3) is 5.11. The summed E-state index contributed by atoms with van der Waals surface area (Å²) >= 11 is 6.19. The first kappa shape index (κ1) is 21.1. The van der Waals surface area contributed by atoms with Gasteiger partial charge in [-0.3, -0.25) is 9.59 Å². The SMILES string of the molecule is O=C(CCCc1ccccc1)N1CCN(C(=O)c2cn(-c3ccccc3Cl)nn2)CC1. The van der Waals surface area contributed by atoms with Gasteiger partial charge in [-0.1, -0.05) is 59.3 Å². The first-order valence-electron chi connectivity index (χ1n) is 10.4. The van der Waals surface area contributed by atoms with E-state index in [0.29, 0.717) is 43.3 Å². The van der Waals surface area contributed by atoms with E-state index in [0.717, 1.165) is 12.8 Å². The quantitative estimate of drug-likeness (QED) is 0.593. The maximum absolute atomic E-state index is 12.8. The Morgan fingerprint density at radius 2 is 1.58 bits per heavy atom. The van der Waals surface area contributed by atoms with Crippen LogP contribution in [0.3, 0.4) is 0 Å². The van der Waals surface area contributed by atoms with Crippen molar-refractivity contribution in [1.82, 2.24) is 24.8 Å². The molecule has 0 saturated carbocycles. The highest BCUT2D eigenvalue weighted by Gasteiger charge is 2.26. The number of para-hydroxylation sites is 1. The molecule has 1 aliphatic rings. The fourth-order valence-corrected chi connectivity index (χ4v) is 3.91. The lowest BCUT2D eigenvalue weighted by Gasteiger charge is -2.34. The smallest absolute Gasteiger partial charge is 0.276 e. The van der Waals surface area contributed by atoms with Crippen LogP contribution in [0, 0.1) is 0 Å². The molecule has 3 aromatic rings. The second kappa shape index (κ2) is 9.75. The fourth-order valence-electron chi connectivity index (χ4n) is 3.68. The molecule has 0 N–H and O–H groups in total. The maximum Gasteiger partial charge on any atom is 0.276 e. The third-order valence-electron chi connectivity index (χ3n) is 5.43. The van der Waals surface area contributed by atoms with Gasteiger partial charge in [0.2, 0.25) is 5.91 Å². The van der Waals surface area contributed by atoms with E-state index in [9.17, 15) is 9.59 Å². The van der Waals surface area contributed by atoms with E-state index in [4.69, 9.17) is 11.6 Å². The standard InChI is InChI=1S/C23H24ClN5O2/c24-19-10-4-5-11-21(19)29-17-20(25-26-29)23(31)28-15-13-27(14-16-28)22(30)12-6-9-18-7-2-1-3-8-18/h1-5,7-8,10-11,17H,6,9,12-16H2. The Morgan fingerprint density at radius 3 is 2.32 bits per heavy atom. The average Bonchev–Trinajstić information content (AvgIpc) is 3.30. The first-order chi connectivity index (χ1) is 15.1. The number of nitrogens with zero attached hydrogens (tertiary/aromatic N) is 5. The molecular weight excluding hydrogens is 414 g/mol. The summed E-state index contributed by atoms with van der Waals surface area (Å²) in [6.45, 7) is 2.05. The molecule has 0 aliphatic carbocycles. The van der Waals surface area contributed by atoms with Gasteiger partial charge in [-0.2, -0.15) is 0 Å². The minimum atomic E-state index is -0.186. The molecule has 0 radical (unpaired) electrons. The van der Waals surface area contributed by atoms with Crippen molar-refractivity contribution in [1.29, 1.82) is 0 Å². The van der Waals surface area contributed by atoms with Crippen LogP contribution in [0.2, 0.25) is 5.02 Å². The van der Waals surface area contributed by atoms with E-state index in [1.54, 1.807) is 17.2 Å². The molecule has 4 rings (SSSR count). The lowest BCUT2D eigenvalue weighted by atomic mass is 10.1. The fraction of sp³-hybridized carbons (Fsp3) is 0.304. The zero-order valence-corrected chi connectivity index (χ0v) is 17.9. The van der Waals surface area contributed by atoms with Crippen molar-refractivity contribution in [3.05, 3.63) is 77.1 Å². The summed E-state index contributed by atoms with van der Waals surface area (Å²) in [6.07, 6.45) is 3.83. The van der Waals surface area contributed by atoms with E-state index in [2.05, 4.69) is 22.4 Å². The first-order valence-corrected chi connectivity index (χ1v) is 10.8. The van der Waals surface area contributed by atoms with Gasteiger partial charge in [0.15, 0.2) is 5.69 Å². The second-order valence-corrected chi connectivity index (χ2v) is 7.92. The summed E-state index contributed by atoms with van der Waals surface area (Å²) in [7, 11) is 0. The van der Waals surface area contributed by atoms with Crippen molar-refractivity contribution in [2.75, 3.05) is 26.2 Å². The van der Waals surface area contributed by atoms with Crippen LogP contribution in [-0.4, -0.2) is 62.8 Å². The maximum atomic E-state index is 12.8. The third-order valence-corrected chi connectivity index (χ3v) is 5.75. The van der Waals surface area contributed by atoms with Gasteiger partial charge in [0.1, 0.15) is 0 Å². The number of aryl methyl sites for hydroxylation is 1. The summed E-state index contributed by atoms with van der Waals surface area (Å²) in [5, 5.41) is 8.58. The number of hydrogen-bond donors (Lipinski definition) is 0. The summed E-state index contributed by atoms with van der Waals surface area (Å²) in [5.74, 6) is -0.0397. The van der Waals surface area contributed by atoms with Gasteiger partial charge in [-0.05, 0) is 30.5 Å². The molecule has 0 bridgehead atoms. The van der Waals surface area contributed by atoms with E-state index in [1.165, 1.54) is 10.2 Å². The van der Waals surface area contributed by atoms with Crippen LogP contribution in [0.1, 0.15) is 28.9 Å². The van der Waals surface area contributed by atoms with Gasteiger partial charge < -0.3 is 9.80 Å². The molecule has 0 unspecified atom stereocenters. The molecule has 1 aromatic heterocycles. The minimum Gasteiger partial charge on any atom is -0.339 e. The van der Waals surface area contributed by atoms with Crippen LogP contribution in [0.25, 0.3) is 5.69 Å². The number of halogens is 1. The zero-order valence-electron chi connectivity index (χ0n) is 17.2. The Kier molecular flexibility index (Phi) is 6.62. The molecule has 1 aliphatic heterocycles. The number of carbonyl (C=O) groups excluding carboxylic acids is 2. The van der Waals surface area contributed by atoms with Crippen molar-refractivity contribution in [2.24, 2.45) is 0 Å². The van der Waals surface area contributed by atoms with Gasteiger partial charge in [0.25, 0.3) is 5.91 Å². The van der Waals surface area contributed by atoms with Crippen molar-refractivity contribution in [3.63, 3.8) is 0 Å². The second-order valence-electron chi connectivity index (χ2n) is 7.51. The van der Waals surface area contributed by atoms with Gasteiger partial charge in [-0.25, -0.2) is 4.68 Å². The van der Waals surface area contributed by atoms with Crippen LogP contribution in [-0.2, 0) is 11.2 Å². The number of benzene rings is 2. The molecule has 0 spiro atoms. The van der Waals surface area contributed by atoms with Crippen LogP contribution in [0.5, 0.6) is 0 Å². The number of carbonyl (C=O) groups is 2. The normalized spacial score (nSPS) is 14.0. The molecule has 2 amide bonds. The molecule has 160 valence electrons. The number of hydrogen-bond acceptors (Lipinski definition) is 4. The van der Waals surface area contributed by atoms with E-state index >= 15 is 0 Å². The predicted molar refractivity (Wildman–Crippen MR) is 118 cm³/mol. The Labute approximate surface area is 186 Å². The van der Waals surface area contributed by atoms with Gasteiger partial charge in [-0.15, -0.1) is 5.10 Å². The van der Waals surface area contributed by atoms with Crippen LogP contribution in [0.15, 0.2) is 60.8 Å². The summed E-state index contributed by atoms with van der Waals surface area (Å²) in [5.41, 5.74) is 2.18. The molecule has 2 aromatic carbocycles. The molecule has 8 heteroatoms. The number of amides is 2. The van der Waals surface area contributed by atoms with Crippen molar-refractivity contribution >= 4 is 23.4 Å². The monoisotopic (exact) mass is 437 g/mol.